The van der Waals surface area contributed by atoms with Gasteiger partial charge in [0.1, 0.15) is 0 Å². The predicted octanol–water partition coefficient (Wildman–Crippen LogP) is 0.794. The number of hydrogen-bond donors (Lipinski definition) is 3. The first kappa shape index (κ1) is 12.8. The number of β-amino-alcohol motifs (C(OH)–C–C–N with tert-alkyl or cyclic N) is 1. The molecule has 4 nitrogen and oxygen atoms in total. The Labute approximate surface area is 103 Å². The van der Waals surface area contributed by atoms with Crippen LogP contribution in [0.15, 0.2) is 0 Å². The minimum Gasteiger partial charge on any atom is -0.392 e. The second kappa shape index (κ2) is 5.83. The summed E-state index contributed by atoms with van der Waals surface area (Å²) in [5.41, 5.74) is 0. The SMILES string of the molecule is CC1CCCCCC1NC(=O)C1CC(O)CN1. The Hall–Kier alpha value is -0.610. The number of carbonyl (C=O) groups excluding carboxylic acids is 1. The van der Waals surface area contributed by atoms with Crippen LogP contribution in [0.25, 0.3) is 0 Å². The van der Waals surface area contributed by atoms with Crippen LogP contribution in [0.3, 0.4) is 0 Å². The molecule has 3 N–H and O–H groups in total. The molecule has 1 saturated carbocycles. The zero-order chi connectivity index (χ0) is 12.3. The van der Waals surface area contributed by atoms with Crippen LogP contribution in [-0.4, -0.2) is 35.7 Å². The van der Waals surface area contributed by atoms with Gasteiger partial charge >= 0.3 is 0 Å². The minimum absolute atomic E-state index is 0.0697. The lowest BCUT2D eigenvalue weighted by atomic mass is 9.96. The van der Waals surface area contributed by atoms with E-state index in [0.29, 0.717) is 24.9 Å². The summed E-state index contributed by atoms with van der Waals surface area (Å²) in [4.78, 5) is 12.0. The maximum Gasteiger partial charge on any atom is 0.237 e. The molecule has 4 heteroatoms. The molecule has 0 radical (unpaired) electrons. The second-order valence-corrected chi connectivity index (χ2v) is 5.58. The fraction of sp³-hybridized carbons (Fsp3) is 0.923. The van der Waals surface area contributed by atoms with Gasteiger partial charge in [-0.25, -0.2) is 0 Å². The lowest BCUT2D eigenvalue weighted by Gasteiger charge is -2.24. The molecule has 4 unspecified atom stereocenters. The van der Waals surface area contributed by atoms with Crippen molar-refractivity contribution in [3.8, 4) is 0 Å². The van der Waals surface area contributed by atoms with Crippen LogP contribution in [0.1, 0.15) is 45.4 Å². The van der Waals surface area contributed by atoms with Gasteiger partial charge in [-0.05, 0) is 25.2 Å². The Morgan fingerprint density at radius 2 is 2.06 bits per heavy atom. The maximum absolute atomic E-state index is 12.0. The second-order valence-electron chi connectivity index (χ2n) is 5.58. The van der Waals surface area contributed by atoms with E-state index in [1.54, 1.807) is 0 Å². The monoisotopic (exact) mass is 240 g/mol. The summed E-state index contributed by atoms with van der Waals surface area (Å²) in [6.45, 7) is 2.77. The summed E-state index contributed by atoms with van der Waals surface area (Å²) < 4.78 is 0. The van der Waals surface area contributed by atoms with Crippen molar-refractivity contribution in [2.45, 2.75) is 63.6 Å². The zero-order valence-electron chi connectivity index (χ0n) is 10.6. The Morgan fingerprint density at radius 1 is 1.29 bits per heavy atom. The molecule has 98 valence electrons. The molecule has 0 aromatic carbocycles. The predicted molar refractivity (Wildman–Crippen MR) is 66.6 cm³/mol. The van der Waals surface area contributed by atoms with Gasteiger partial charge in [-0.2, -0.15) is 0 Å². The summed E-state index contributed by atoms with van der Waals surface area (Å²) >= 11 is 0. The van der Waals surface area contributed by atoms with E-state index in [4.69, 9.17) is 0 Å². The molecule has 0 bridgehead atoms. The highest BCUT2D eigenvalue weighted by atomic mass is 16.3. The molecule has 2 aliphatic rings. The third-order valence-corrected chi connectivity index (χ3v) is 4.11. The van der Waals surface area contributed by atoms with Gasteiger partial charge in [0.15, 0.2) is 0 Å². The molecular weight excluding hydrogens is 216 g/mol. The van der Waals surface area contributed by atoms with Gasteiger partial charge in [0, 0.05) is 12.6 Å². The summed E-state index contributed by atoms with van der Waals surface area (Å²) in [7, 11) is 0. The average Bonchev–Trinajstić information content (AvgIpc) is 2.63. The lowest BCUT2D eigenvalue weighted by molar-refractivity contribution is -0.124. The van der Waals surface area contributed by atoms with Gasteiger partial charge in [0.05, 0.1) is 12.1 Å². The van der Waals surface area contributed by atoms with Crippen LogP contribution in [-0.2, 0) is 4.79 Å². The highest BCUT2D eigenvalue weighted by Gasteiger charge is 2.30. The molecule has 17 heavy (non-hydrogen) atoms. The number of rotatable bonds is 2. The van der Waals surface area contributed by atoms with E-state index in [2.05, 4.69) is 17.6 Å². The van der Waals surface area contributed by atoms with E-state index in [1.807, 2.05) is 0 Å². The first-order valence-electron chi connectivity index (χ1n) is 6.88. The summed E-state index contributed by atoms with van der Waals surface area (Å²) in [6, 6.07) is 0.130. The Morgan fingerprint density at radius 3 is 2.76 bits per heavy atom. The van der Waals surface area contributed by atoms with Crippen LogP contribution in [0.2, 0.25) is 0 Å². The Kier molecular flexibility index (Phi) is 4.40. The van der Waals surface area contributed by atoms with E-state index in [0.717, 1.165) is 6.42 Å². The van der Waals surface area contributed by atoms with E-state index in [1.165, 1.54) is 25.7 Å². The molecule has 1 heterocycles. The molecule has 4 atom stereocenters. The number of carbonyl (C=O) groups is 1. The van der Waals surface area contributed by atoms with Crippen LogP contribution in [0, 0.1) is 5.92 Å². The minimum atomic E-state index is -0.364. The topological polar surface area (TPSA) is 61.4 Å². The van der Waals surface area contributed by atoms with Gasteiger partial charge in [0.2, 0.25) is 5.91 Å². The van der Waals surface area contributed by atoms with Crippen molar-refractivity contribution < 1.29 is 9.90 Å². The van der Waals surface area contributed by atoms with Gasteiger partial charge < -0.3 is 15.7 Å². The molecule has 1 saturated heterocycles. The summed E-state index contributed by atoms with van der Waals surface area (Å²) in [6.07, 6.45) is 6.29. The van der Waals surface area contributed by atoms with Crippen molar-refractivity contribution in [3.63, 3.8) is 0 Å². The molecule has 1 aliphatic carbocycles. The van der Waals surface area contributed by atoms with E-state index in [9.17, 15) is 9.90 Å². The molecule has 1 aliphatic heterocycles. The summed E-state index contributed by atoms with van der Waals surface area (Å²) in [5.74, 6) is 0.646. The number of aliphatic hydroxyl groups excluding tert-OH is 1. The normalized spacial score (nSPS) is 38.7. The van der Waals surface area contributed by atoms with Crippen LogP contribution in [0.4, 0.5) is 0 Å². The maximum atomic E-state index is 12.0. The molecule has 0 aromatic rings. The largest absolute Gasteiger partial charge is 0.392 e. The van der Waals surface area contributed by atoms with Gasteiger partial charge in [-0.1, -0.05) is 26.2 Å². The molecular formula is C13H24N2O2. The molecule has 1 amide bonds. The first-order valence-corrected chi connectivity index (χ1v) is 6.88. The standard InChI is InChI=1S/C13H24N2O2/c1-9-5-3-2-4-6-11(9)15-13(17)12-7-10(16)8-14-12/h9-12,14,16H,2-8H2,1H3,(H,15,17). The fourth-order valence-corrected chi connectivity index (χ4v) is 2.91. The molecule has 0 aromatic heterocycles. The quantitative estimate of drug-likeness (QED) is 0.626. The third kappa shape index (κ3) is 3.42. The number of aliphatic hydroxyl groups is 1. The zero-order valence-corrected chi connectivity index (χ0v) is 10.6. The number of amides is 1. The Bertz CT molecular complexity index is 270. The van der Waals surface area contributed by atoms with E-state index < -0.39 is 0 Å². The highest BCUT2D eigenvalue weighted by Crippen LogP contribution is 2.23. The lowest BCUT2D eigenvalue weighted by Crippen LogP contribution is -2.47. The smallest absolute Gasteiger partial charge is 0.237 e. The molecule has 2 fully saturated rings. The van der Waals surface area contributed by atoms with Gasteiger partial charge in [-0.3, -0.25) is 4.79 Å². The van der Waals surface area contributed by atoms with E-state index in [-0.39, 0.29) is 18.1 Å². The highest BCUT2D eigenvalue weighted by molar-refractivity contribution is 5.82. The van der Waals surface area contributed by atoms with Gasteiger partial charge in [0.25, 0.3) is 0 Å². The van der Waals surface area contributed by atoms with Crippen molar-refractivity contribution in [1.29, 1.82) is 0 Å². The van der Waals surface area contributed by atoms with Crippen molar-refractivity contribution in [1.82, 2.24) is 10.6 Å². The van der Waals surface area contributed by atoms with Crippen molar-refractivity contribution in [3.05, 3.63) is 0 Å². The van der Waals surface area contributed by atoms with Crippen LogP contribution >= 0.6 is 0 Å². The fourth-order valence-electron chi connectivity index (χ4n) is 2.91. The summed E-state index contributed by atoms with van der Waals surface area (Å²) in [5, 5.41) is 15.6. The van der Waals surface area contributed by atoms with Crippen molar-refractivity contribution >= 4 is 5.91 Å². The average molecular weight is 240 g/mol. The third-order valence-electron chi connectivity index (χ3n) is 4.11. The van der Waals surface area contributed by atoms with Crippen molar-refractivity contribution in [2.75, 3.05) is 6.54 Å². The molecule has 0 spiro atoms. The number of nitrogens with one attached hydrogen (secondary N) is 2. The van der Waals surface area contributed by atoms with Crippen LogP contribution < -0.4 is 10.6 Å². The van der Waals surface area contributed by atoms with Crippen molar-refractivity contribution in [2.24, 2.45) is 5.92 Å². The van der Waals surface area contributed by atoms with Gasteiger partial charge in [-0.15, -0.1) is 0 Å². The number of hydrogen-bond acceptors (Lipinski definition) is 3. The molecule has 2 rings (SSSR count). The van der Waals surface area contributed by atoms with E-state index >= 15 is 0 Å². The Balaban J connectivity index is 1.84. The van der Waals surface area contributed by atoms with Crippen LogP contribution in [0.5, 0.6) is 0 Å². The first-order chi connectivity index (χ1) is 8.16.